The number of carbonyl (C=O) groups excluding carboxylic acids is 1. The summed E-state index contributed by atoms with van der Waals surface area (Å²) in [5.74, 6) is -0.571. The fraction of sp³-hybridized carbons (Fsp3) is 0.211. The van der Waals surface area contributed by atoms with Gasteiger partial charge in [-0.3, -0.25) is 4.79 Å². The van der Waals surface area contributed by atoms with E-state index in [-0.39, 0.29) is 28.6 Å². The molecule has 0 bridgehead atoms. The minimum absolute atomic E-state index is 0.0358. The van der Waals surface area contributed by atoms with E-state index in [2.05, 4.69) is 25.6 Å². The van der Waals surface area contributed by atoms with Gasteiger partial charge in [-0.05, 0) is 26.0 Å². The molecule has 3 aromatic rings. The van der Waals surface area contributed by atoms with Crippen LogP contribution < -0.4 is 16.4 Å². The Morgan fingerprint density at radius 2 is 2.18 bits per heavy atom. The predicted octanol–water partition coefficient (Wildman–Crippen LogP) is 2.54. The SMILES string of the molecule is CCNC(=O)c1cc2cccc(F)c2nc1[C@H](C)Nc1ncnc(N)c1C#N. The number of hydrogen-bond acceptors (Lipinski definition) is 7. The van der Waals surface area contributed by atoms with Gasteiger partial charge in [0.05, 0.1) is 17.3 Å². The first-order chi connectivity index (χ1) is 13.5. The highest BCUT2D eigenvalue weighted by Crippen LogP contribution is 2.27. The van der Waals surface area contributed by atoms with Crippen molar-refractivity contribution in [3.05, 3.63) is 53.2 Å². The van der Waals surface area contributed by atoms with Crippen molar-refractivity contribution in [1.82, 2.24) is 20.3 Å². The molecule has 9 heteroatoms. The molecule has 0 saturated carbocycles. The number of nitrogens with one attached hydrogen (secondary N) is 2. The highest BCUT2D eigenvalue weighted by atomic mass is 19.1. The Labute approximate surface area is 160 Å². The van der Waals surface area contributed by atoms with E-state index in [1.807, 2.05) is 6.07 Å². The maximum absolute atomic E-state index is 14.2. The highest BCUT2D eigenvalue weighted by Gasteiger charge is 2.21. The van der Waals surface area contributed by atoms with Crippen LogP contribution in [0.4, 0.5) is 16.0 Å². The van der Waals surface area contributed by atoms with Gasteiger partial charge in [0.25, 0.3) is 5.91 Å². The van der Waals surface area contributed by atoms with Crippen LogP contribution in [0, 0.1) is 17.1 Å². The summed E-state index contributed by atoms with van der Waals surface area (Å²) in [4.78, 5) is 24.8. The quantitative estimate of drug-likeness (QED) is 0.621. The van der Waals surface area contributed by atoms with E-state index in [0.717, 1.165) is 0 Å². The van der Waals surface area contributed by atoms with Crippen molar-refractivity contribution in [2.45, 2.75) is 19.9 Å². The van der Waals surface area contributed by atoms with Crippen molar-refractivity contribution in [2.24, 2.45) is 0 Å². The Morgan fingerprint density at radius 3 is 2.89 bits per heavy atom. The van der Waals surface area contributed by atoms with Gasteiger partial charge in [0.1, 0.15) is 40.9 Å². The largest absolute Gasteiger partial charge is 0.382 e. The van der Waals surface area contributed by atoms with Gasteiger partial charge in [-0.2, -0.15) is 5.26 Å². The molecular formula is C19H18FN7O. The molecule has 142 valence electrons. The fourth-order valence-electron chi connectivity index (χ4n) is 2.84. The summed E-state index contributed by atoms with van der Waals surface area (Å²) in [5, 5.41) is 15.6. The number of hydrogen-bond donors (Lipinski definition) is 3. The number of halogens is 1. The highest BCUT2D eigenvalue weighted by molar-refractivity contribution is 5.99. The van der Waals surface area contributed by atoms with Gasteiger partial charge in [0.15, 0.2) is 0 Å². The van der Waals surface area contributed by atoms with Gasteiger partial charge in [-0.1, -0.05) is 12.1 Å². The van der Waals surface area contributed by atoms with Crippen LogP contribution in [0.25, 0.3) is 10.9 Å². The number of benzene rings is 1. The minimum atomic E-state index is -0.567. The van der Waals surface area contributed by atoms with Crippen LogP contribution in [0.3, 0.4) is 0 Å². The van der Waals surface area contributed by atoms with Gasteiger partial charge in [0, 0.05) is 11.9 Å². The molecule has 0 unspecified atom stereocenters. The predicted molar refractivity (Wildman–Crippen MR) is 103 cm³/mol. The van der Waals surface area contributed by atoms with Crippen LogP contribution in [0.5, 0.6) is 0 Å². The molecule has 1 atom stereocenters. The van der Waals surface area contributed by atoms with Crippen molar-refractivity contribution in [3.8, 4) is 6.07 Å². The molecule has 8 nitrogen and oxygen atoms in total. The second-order valence-electron chi connectivity index (χ2n) is 6.05. The Hall–Kier alpha value is -3.80. The van der Waals surface area contributed by atoms with E-state index in [1.54, 1.807) is 32.0 Å². The lowest BCUT2D eigenvalue weighted by atomic mass is 10.0. The second-order valence-corrected chi connectivity index (χ2v) is 6.05. The molecule has 0 spiro atoms. The summed E-state index contributed by atoms with van der Waals surface area (Å²) in [6.45, 7) is 3.97. The smallest absolute Gasteiger partial charge is 0.253 e. The van der Waals surface area contributed by atoms with Gasteiger partial charge >= 0.3 is 0 Å². The van der Waals surface area contributed by atoms with Crippen LogP contribution in [0.2, 0.25) is 0 Å². The van der Waals surface area contributed by atoms with Crippen molar-refractivity contribution < 1.29 is 9.18 Å². The lowest BCUT2D eigenvalue weighted by Crippen LogP contribution is -2.26. The zero-order valence-corrected chi connectivity index (χ0v) is 15.3. The van der Waals surface area contributed by atoms with Gasteiger partial charge < -0.3 is 16.4 Å². The van der Waals surface area contributed by atoms with E-state index in [1.165, 1.54) is 12.4 Å². The number of nitriles is 1. The number of rotatable bonds is 5. The number of nitrogens with two attached hydrogens (primary N) is 1. The average Bonchev–Trinajstić information content (AvgIpc) is 2.68. The molecule has 1 amide bonds. The third-order valence-corrected chi connectivity index (χ3v) is 4.16. The summed E-state index contributed by atoms with van der Waals surface area (Å²) < 4.78 is 14.2. The monoisotopic (exact) mass is 379 g/mol. The summed E-state index contributed by atoms with van der Waals surface area (Å²) in [6.07, 6.45) is 1.23. The Morgan fingerprint density at radius 1 is 1.39 bits per heavy atom. The third-order valence-electron chi connectivity index (χ3n) is 4.16. The Bertz CT molecular complexity index is 1090. The molecule has 3 rings (SSSR count). The number of pyridine rings is 1. The van der Waals surface area contributed by atoms with E-state index in [0.29, 0.717) is 23.2 Å². The summed E-state index contributed by atoms with van der Waals surface area (Å²) in [7, 11) is 0. The molecule has 4 N–H and O–H groups in total. The molecule has 2 heterocycles. The maximum atomic E-state index is 14.2. The topological polar surface area (TPSA) is 130 Å². The molecule has 0 aliphatic heterocycles. The second kappa shape index (κ2) is 7.84. The lowest BCUT2D eigenvalue weighted by Gasteiger charge is -2.19. The van der Waals surface area contributed by atoms with Crippen molar-refractivity contribution >= 4 is 28.4 Å². The molecule has 0 fully saturated rings. The number of nitrogens with zero attached hydrogens (tertiary/aromatic N) is 4. The number of para-hydroxylation sites is 1. The zero-order valence-electron chi connectivity index (χ0n) is 15.3. The Balaban J connectivity index is 2.11. The van der Waals surface area contributed by atoms with Crippen LogP contribution in [0.15, 0.2) is 30.6 Å². The summed E-state index contributed by atoms with van der Waals surface area (Å²) in [5.41, 5.74) is 6.58. The number of fused-ring (bicyclic) bond motifs is 1. The van der Waals surface area contributed by atoms with E-state index < -0.39 is 11.9 Å². The number of anilines is 2. The molecule has 0 aliphatic carbocycles. The minimum Gasteiger partial charge on any atom is -0.382 e. The first-order valence-corrected chi connectivity index (χ1v) is 8.60. The molecule has 2 aromatic heterocycles. The molecule has 28 heavy (non-hydrogen) atoms. The molecule has 0 aliphatic rings. The zero-order chi connectivity index (χ0) is 20.3. The van der Waals surface area contributed by atoms with Gasteiger partial charge in [-0.25, -0.2) is 19.3 Å². The van der Waals surface area contributed by atoms with E-state index in [9.17, 15) is 14.4 Å². The van der Waals surface area contributed by atoms with Crippen LogP contribution in [-0.2, 0) is 0 Å². The molecule has 0 saturated heterocycles. The van der Waals surface area contributed by atoms with E-state index >= 15 is 0 Å². The third kappa shape index (κ3) is 3.53. The van der Waals surface area contributed by atoms with Gasteiger partial charge in [0.2, 0.25) is 0 Å². The Kier molecular flexibility index (Phi) is 5.31. The lowest BCUT2D eigenvalue weighted by molar-refractivity contribution is 0.0954. The number of aromatic nitrogens is 3. The molecule has 1 aromatic carbocycles. The summed E-state index contributed by atoms with van der Waals surface area (Å²) in [6, 6.07) is 7.54. The fourth-order valence-corrected chi connectivity index (χ4v) is 2.84. The maximum Gasteiger partial charge on any atom is 0.253 e. The summed E-state index contributed by atoms with van der Waals surface area (Å²) >= 11 is 0. The van der Waals surface area contributed by atoms with Crippen molar-refractivity contribution in [2.75, 3.05) is 17.6 Å². The first kappa shape index (κ1) is 19.0. The van der Waals surface area contributed by atoms with Crippen LogP contribution in [-0.4, -0.2) is 27.4 Å². The van der Waals surface area contributed by atoms with E-state index in [4.69, 9.17) is 5.73 Å². The number of amides is 1. The van der Waals surface area contributed by atoms with Crippen LogP contribution >= 0.6 is 0 Å². The van der Waals surface area contributed by atoms with Crippen molar-refractivity contribution in [1.29, 1.82) is 5.26 Å². The normalized spacial score (nSPS) is 11.6. The standard InChI is InChI=1S/C19H18FN7O/c1-3-23-19(28)12-7-11-5-4-6-14(20)16(11)27-15(12)10(2)26-18-13(8-21)17(22)24-9-25-18/h4-7,9-10H,3H2,1-2H3,(H,23,28)(H3,22,24,25,26)/t10-/m0/s1. The average molecular weight is 379 g/mol. The van der Waals surface area contributed by atoms with Crippen LogP contribution in [0.1, 0.15) is 41.5 Å². The first-order valence-electron chi connectivity index (χ1n) is 8.60. The molecular weight excluding hydrogens is 361 g/mol. The van der Waals surface area contributed by atoms with Gasteiger partial charge in [-0.15, -0.1) is 0 Å². The number of carbonyl (C=O) groups is 1. The number of nitrogen functional groups attached to an aromatic ring is 1. The molecule has 0 radical (unpaired) electrons. The van der Waals surface area contributed by atoms with Crippen molar-refractivity contribution in [3.63, 3.8) is 0 Å².